The highest BCUT2D eigenvalue weighted by atomic mass is 32.2. The first-order valence-electron chi connectivity index (χ1n) is 6.64. The molecule has 0 saturated heterocycles. The Labute approximate surface area is 125 Å². The molecule has 0 radical (unpaired) electrons. The molecule has 0 saturated carbocycles. The standard InChI is InChI=1S/C15H20FNO3S/c1-12(2)11-17(3)21(19,20)14-8-7-13(15(16)10-14)6-4-5-9-18/h7-8,10,12,18H,5,9,11H2,1-3H3. The molecule has 0 aliphatic carbocycles. The minimum absolute atomic E-state index is 0.0872. The van der Waals surface area contributed by atoms with E-state index in [1.165, 1.54) is 23.5 Å². The Hall–Kier alpha value is -1.42. The van der Waals surface area contributed by atoms with E-state index in [0.29, 0.717) is 6.54 Å². The third kappa shape index (κ3) is 4.81. The molecule has 1 N–H and O–H groups in total. The van der Waals surface area contributed by atoms with E-state index < -0.39 is 15.8 Å². The molecule has 116 valence electrons. The summed E-state index contributed by atoms with van der Waals surface area (Å²) in [5, 5.41) is 8.62. The lowest BCUT2D eigenvalue weighted by Crippen LogP contribution is -2.30. The number of aliphatic hydroxyl groups is 1. The Morgan fingerprint density at radius 1 is 1.38 bits per heavy atom. The second-order valence-electron chi connectivity index (χ2n) is 5.10. The van der Waals surface area contributed by atoms with Gasteiger partial charge in [0.1, 0.15) is 5.82 Å². The van der Waals surface area contributed by atoms with Gasteiger partial charge in [-0.3, -0.25) is 0 Å². The number of hydrogen-bond donors (Lipinski definition) is 1. The number of benzene rings is 1. The maximum atomic E-state index is 13.9. The minimum atomic E-state index is -3.69. The summed E-state index contributed by atoms with van der Waals surface area (Å²) in [4.78, 5) is -0.0872. The quantitative estimate of drug-likeness (QED) is 0.844. The zero-order valence-corrected chi connectivity index (χ0v) is 13.2. The van der Waals surface area contributed by atoms with Gasteiger partial charge >= 0.3 is 0 Å². The maximum absolute atomic E-state index is 13.9. The van der Waals surface area contributed by atoms with Crippen molar-refractivity contribution in [3.8, 4) is 11.8 Å². The zero-order valence-electron chi connectivity index (χ0n) is 12.4. The van der Waals surface area contributed by atoms with Crippen molar-refractivity contribution in [1.82, 2.24) is 4.31 Å². The molecular weight excluding hydrogens is 293 g/mol. The van der Waals surface area contributed by atoms with Crippen LogP contribution in [0, 0.1) is 23.6 Å². The summed E-state index contributed by atoms with van der Waals surface area (Å²) in [6.07, 6.45) is 0.247. The van der Waals surface area contributed by atoms with Crippen LogP contribution in [0.4, 0.5) is 4.39 Å². The van der Waals surface area contributed by atoms with Crippen LogP contribution in [0.15, 0.2) is 23.1 Å². The summed E-state index contributed by atoms with van der Waals surface area (Å²) in [5.41, 5.74) is 0.119. The average molecular weight is 313 g/mol. The average Bonchev–Trinajstić information content (AvgIpc) is 2.39. The summed E-state index contributed by atoms with van der Waals surface area (Å²) in [6, 6.07) is 3.67. The molecule has 4 nitrogen and oxygen atoms in total. The first kappa shape index (κ1) is 17.6. The van der Waals surface area contributed by atoms with Gasteiger partial charge in [-0.15, -0.1) is 0 Å². The Morgan fingerprint density at radius 3 is 2.57 bits per heavy atom. The normalized spacial score (nSPS) is 11.6. The molecule has 0 aliphatic rings. The molecule has 0 spiro atoms. The van der Waals surface area contributed by atoms with Gasteiger partial charge in [-0.1, -0.05) is 25.7 Å². The number of aliphatic hydroxyl groups excluding tert-OH is 1. The van der Waals surface area contributed by atoms with Crippen LogP contribution in [0.3, 0.4) is 0 Å². The van der Waals surface area contributed by atoms with Gasteiger partial charge in [0.15, 0.2) is 0 Å². The Kier molecular flexibility index (Phi) is 6.34. The molecule has 0 aromatic heterocycles. The Balaban J connectivity index is 3.06. The van der Waals surface area contributed by atoms with Crippen molar-refractivity contribution >= 4 is 10.0 Å². The monoisotopic (exact) mass is 313 g/mol. The highest BCUT2D eigenvalue weighted by Gasteiger charge is 2.22. The SMILES string of the molecule is CC(C)CN(C)S(=O)(=O)c1ccc(C#CCCO)c(F)c1. The highest BCUT2D eigenvalue weighted by Crippen LogP contribution is 2.18. The van der Waals surface area contributed by atoms with E-state index in [2.05, 4.69) is 11.8 Å². The Bertz CT molecular complexity index is 645. The van der Waals surface area contributed by atoms with Crippen LogP contribution >= 0.6 is 0 Å². The minimum Gasteiger partial charge on any atom is -0.395 e. The van der Waals surface area contributed by atoms with Crippen molar-refractivity contribution in [2.45, 2.75) is 25.2 Å². The third-order valence-corrected chi connectivity index (χ3v) is 4.55. The molecule has 0 bridgehead atoms. The lowest BCUT2D eigenvalue weighted by atomic mass is 10.2. The number of halogens is 1. The first-order chi connectivity index (χ1) is 9.78. The summed E-state index contributed by atoms with van der Waals surface area (Å²) < 4.78 is 39.7. The van der Waals surface area contributed by atoms with Crippen molar-refractivity contribution in [2.75, 3.05) is 20.2 Å². The van der Waals surface area contributed by atoms with Crippen molar-refractivity contribution in [3.05, 3.63) is 29.6 Å². The number of hydrogen-bond acceptors (Lipinski definition) is 3. The van der Waals surface area contributed by atoms with Crippen molar-refractivity contribution in [2.24, 2.45) is 5.92 Å². The van der Waals surface area contributed by atoms with Crippen molar-refractivity contribution < 1.29 is 17.9 Å². The van der Waals surface area contributed by atoms with Gasteiger partial charge in [-0.25, -0.2) is 17.1 Å². The zero-order chi connectivity index (χ0) is 16.0. The van der Waals surface area contributed by atoms with E-state index in [1.807, 2.05) is 13.8 Å². The fourth-order valence-corrected chi connectivity index (χ4v) is 3.11. The summed E-state index contributed by atoms with van der Waals surface area (Å²) in [7, 11) is -2.22. The van der Waals surface area contributed by atoms with Crippen LogP contribution in [0.2, 0.25) is 0 Å². The molecule has 0 unspecified atom stereocenters. The molecule has 0 aliphatic heterocycles. The van der Waals surface area contributed by atoms with Gasteiger partial charge in [-0.05, 0) is 24.1 Å². The lowest BCUT2D eigenvalue weighted by molar-refractivity contribution is 0.305. The fourth-order valence-electron chi connectivity index (χ4n) is 1.76. The van der Waals surface area contributed by atoms with E-state index in [0.717, 1.165) is 6.07 Å². The molecule has 21 heavy (non-hydrogen) atoms. The molecule has 0 amide bonds. The van der Waals surface area contributed by atoms with Crippen LogP contribution in [-0.4, -0.2) is 38.0 Å². The molecule has 1 rings (SSSR count). The van der Waals surface area contributed by atoms with E-state index in [9.17, 15) is 12.8 Å². The van der Waals surface area contributed by atoms with Crippen molar-refractivity contribution in [1.29, 1.82) is 0 Å². The summed E-state index contributed by atoms with van der Waals surface area (Å²) in [6.45, 7) is 4.09. The van der Waals surface area contributed by atoms with Crippen LogP contribution in [0.5, 0.6) is 0 Å². The topological polar surface area (TPSA) is 57.6 Å². The number of rotatable bonds is 5. The van der Waals surface area contributed by atoms with Crippen LogP contribution < -0.4 is 0 Å². The highest BCUT2D eigenvalue weighted by molar-refractivity contribution is 7.89. The second kappa shape index (κ2) is 7.55. The largest absolute Gasteiger partial charge is 0.395 e. The van der Waals surface area contributed by atoms with Gasteiger partial charge < -0.3 is 5.11 Å². The van der Waals surface area contributed by atoms with Gasteiger partial charge in [0.2, 0.25) is 10.0 Å². The van der Waals surface area contributed by atoms with E-state index in [1.54, 1.807) is 0 Å². The maximum Gasteiger partial charge on any atom is 0.242 e. The Morgan fingerprint density at radius 2 is 2.05 bits per heavy atom. The van der Waals surface area contributed by atoms with E-state index >= 15 is 0 Å². The van der Waals surface area contributed by atoms with Crippen molar-refractivity contribution in [3.63, 3.8) is 0 Å². The predicted octanol–water partition coefficient (Wildman–Crippen LogP) is 1.84. The molecule has 1 aromatic carbocycles. The summed E-state index contributed by atoms with van der Waals surface area (Å²) >= 11 is 0. The molecule has 1 aromatic rings. The van der Waals surface area contributed by atoms with Gasteiger partial charge in [0.25, 0.3) is 0 Å². The number of sulfonamides is 1. The van der Waals surface area contributed by atoms with Gasteiger partial charge in [0, 0.05) is 20.0 Å². The molecule has 0 heterocycles. The molecule has 0 atom stereocenters. The first-order valence-corrected chi connectivity index (χ1v) is 8.08. The predicted molar refractivity (Wildman–Crippen MR) is 79.6 cm³/mol. The van der Waals surface area contributed by atoms with Gasteiger partial charge in [0.05, 0.1) is 17.1 Å². The number of nitrogens with zero attached hydrogens (tertiary/aromatic N) is 1. The smallest absolute Gasteiger partial charge is 0.242 e. The lowest BCUT2D eigenvalue weighted by Gasteiger charge is -2.19. The van der Waals surface area contributed by atoms with E-state index in [4.69, 9.17) is 5.11 Å². The summed E-state index contributed by atoms with van der Waals surface area (Å²) in [5.74, 6) is 4.66. The van der Waals surface area contributed by atoms with Gasteiger partial charge in [-0.2, -0.15) is 0 Å². The molecule has 0 fully saturated rings. The molecule has 6 heteroatoms. The van der Waals surface area contributed by atoms with Crippen LogP contribution in [0.25, 0.3) is 0 Å². The fraction of sp³-hybridized carbons (Fsp3) is 0.467. The van der Waals surface area contributed by atoms with Crippen LogP contribution in [-0.2, 0) is 10.0 Å². The third-order valence-electron chi connectivity index (χ3n) is 2.73. The van der Waals surface area contributed by atoms with E-state index in [-0.39, 0.29) is 29.4 Å². The second-order valence-corrected chi connectivity index (χ2v) is 7.14. The van der Waals surface area contributed by atoms with Crippen LogP contribution in [0.1, 0.15) is 25.8 Å². The molecular formula is C15H20FNO3S.